The molecule has 0 unspecified atom stereocenters. The topological polar surface area (TPSA) is 33.5 Å². The van der Waals surface area contributed by atoms with Gasteiger partial charge < -0.3 is 19.1 Å². The van der Waals surface area contributed by atoms with Crippen molar-refractivity contribution in [3.8, 4) is 39.6 Å². The Hall–Kier alpha value is -6.42. The van der Waals surface area contributed by atoms with Crippen molar-refractivity contribution in [1.82, 2.24) is 9.55 Å². The molecule has 0 atom stereocenters. The van der Waals surface area contributed by atoms with Gasteiger partial charge in [-0.15, -0.1) is 48.0 Å². The maximum absolute atomic E-state index is 9.27. The number of fused-ring (bicyclic) bond motifs is 4. The Kier molecular flexibility index (Phi) is 7.12. The number of nitrogens with zero attached hydrogens (tertiary/aromatic N) is 4. The number of hydrogen-bond acceptors (Lipinski definition) is 4. The summed E-state index contributed by atoms with van der Waals surface area (Å²) in [6.45, 7) is 7.88. The fraction of sp³-hybridized carbons (Fsp3) is 0.0769. The first-order chi connectivity index (χ1) is 32.1. The van der Waals surface area contributed by atoms with Gasteiger partial charge in [0.1, 0.15) is 5.82 Å². The smallest absolute Gasteiger partial charge is 0.135 e. The summed E-state index contributed by atoms with van der Waals surface area (Å²) < 4.78 is 97.8. The van der Waals surface area contributed by atoms with Gasteiger partial charge in [0.2, 0.25) is 0 Å². The number of hydrogen-bond donors (Lipinski definition) is 0. The van der Waals surface area contributed by atoms with Crippen LogP contribution in [0.3, 0.4) is 0 Å². The molecule has 58 heavy (non-hydrogen) atoms. The average molecular weight is 941 g/mol. The molecule has 0 bridgehead atoms. The van der Waals surface area contributed by atoms with Crippen molar-refractivity contribution in [1.29, 1.82) is 0 Å². The molecular formula is C52H39N4OPt-3. The molecule has 0 fully saturated rings. The number of benzene rings is 7. The number of ether oxygens (including phenoxy) is 1. The summed E-state index contributed by atoms with van der Waals surface area (Å²) in [5, 5.41) is 0.744. The van der Waals surface area contributed by atoms with Crippen LogP contribution in [0.1, 0.15) is 40.0 Å². The minimum absolute atomic E-state index is 0. The number of rotatable bonds is 7. The van der Waals surface area contributed by atoms with Crippen LogP contribution >= 0.6 is 0 Å². The van der Waals surface area contributed by atoms with Crippen LogP contribution in [0.4, 0.5) is 22.7 Å². The Bertz CT molecular complexity index is 3420. The summed E-state index contributed by atoms with van der Waals surface area (Å²) in [7, 11) is 0. The molecule has 10 rings (SSSR count). The van der Waals surface area contributed by atoms with Gasteiger partial charge in [-0.25, -0.2) is 4.98 Å². The Labute approximate surface area is 368 Å². The zero-order chi connectivity index (χ0) is 47.2. The van der Waals surface area contributed by atoms with E-state index in [-0.39, 0.29) is 96.9 Å². The Morgan fingerprint density at radius 1 is 0.638 bits per heavy atom. The van der Waals surface area contributed by atoms with Crippen molar-refractivity contribution in [2.45, 2.75) is 26.2 Å². The summed E-state index contributed by atoms with van der Waals surface area (Å²) >= 11 is 0. The summed E-state index contributed by atoms with van der Waals surface area (Å²) in [6.07, 6.45) is 1.66. The third kappa shape index (κ3) is 6.66. The van der Waals surface area contributed by atoms with Gasteiger partial charge >= 0.3 is 0 Å². The second-order valence-corrected chi connectivity index (χ2v) is 14.6. The summed E-state index contributed by atoms with van der Waals surface area (Å²) in [5.74, 6) is 0.297. The first kappa shape index (κ1) is 27.3. The van der Waals surface area contributed by atoms with Crippen LogP contribution in [0, 0.1) is 18.8 Å². The largest absolute Gasteiger partial charge is 0.509 e. The van der Waals surface area contributed by atoms with Gasteiger partial charge in [-0.2, -0.15) is 12.1 Å². The second kappa shape index (κ2) is 15.2. The maximum atomic E-state index is 9.27. The van der Waals surface area contributed by atoms with E-state index in [0.717, 1.165) is 5.56 Å². The number of aromatic nitrogens is 2. The molecule has 5 nitrogen and oxygen atoms in total. The van der Waals surface area contributed by atoms with Gasteiger partial charge in [-0.3, -0.25) is 0 Å². The zero-order valence-corrected chi connectivity index (χ0v) is 33.8. The van der Waals surface area contributed by atoms with Crippen molar-refractivity contribution < 1.29 is 39.5 Å². The molecule has 0 N–H and O–H groups in total. The predicted molar refractivity (Wildman–Crippen MR) is 234 cm³/mol. The molecule has 0 saturated carbocycles. The molecule has 1 aliphatic heterocycles. The first-order valence-electron chi connectivity index (χ1n) is 23.5. The predicted octanol–water partition coefficient (Wildman–Crippen LogP) is 13.6. The van der Waals surface area contributed by atoms with Crippen molar-refractivity contribution >= 4 is 44.6 Å². The molecule has 286 valence electrons. The monoisotopic (exact) mass is 940 g/mol. The van der Waals surface area contributed by atoms with Crippen LogP contribution in [0.25, 0.3) is 49.9 Å². The van der Waals surface area contributed by atoms with Gasteiger partial charge in [0, 0.05) is 73.8 Å². The minimum atomic E-state index is -0.439. The van der Waals surface area contributed by atoms with Crippen LogP contribution in [-0.2, 0) is 26.5 Å². The van der Waals surface area contributed by atoms with Crippen LogP contribution in [0.15, 0.2) is 176 Å². The van der Waals surface area contributed by atoms with E-state index in [1.54, 1.807) is 34.5 Å². The molecule has 3 heterocycles. The van der Waals surface area contributed by atoms with E-state index in [0.29, 0.717) is 56.0 Å². The molecule has 0 spiro atoms. The fourth-order valence-corrected chi connectivity index (χ4v) is 7.25. The van der Waals surface area contributed by atoms with Gasteiger partial charge in [0.05, 0.1) is 9.60 Å². The maximum Gasteiger partial charge on any atom is 0.135 e. The second-order valence-electron chi connectivity index (χ2n) is 14.6. The van der Waals surface area contributed by atoms with E-state index in [4.69, 9.17) is 14.3 Å². The number of pyridine rings is 1. The van der Waals surface area contributed by atoms with E-state index in [9.17, 15) is 4.11 Å². The first-order valence-corrected chi connectivity index (χ1v) is 18.5. The molecule has 1 aliphatic rings. The van der Waals surface area contributed by atoms with Crippen LogP contribution < -0.4 is 14.5 Å². The molecule has 0 amide bonds. The standard InChI is InChI=1S/C52H39N4O.Pt/c1-52(2,3)38-30-31-53-50(32-38)56-46-25-11-10-22-44(46)45-29-28-41(34-49(45)56)57-40-21-14-20-39(33-40)54-35-55(48-27-13-12-26-47(48)54)51-42(36-16-6-4-7-17-36)23-15-24-43(51)37-18-8-5-9-19-37;/h4-32,35H,1-3H3;/q-3;/i10D,11D,14D,15D,20D,21D,22D,23D,24D,25D;. The molecule has 9 aromatic rings. The van der Waals surface area contributed by atoms with E-state index in [1.807, 2.05) is 102 Å². The minimum Gasteiger partial charge on any atom is -0.509 e. The van der Waals surface area contributed by atoms with Crippen molar-refractivity contribution in [3.05, 3.63) is 200 Å². The quantitative estimate of drug-likeness (QED) is 0.149. The van der Waals surface area contributed by atoms with Gasteiger partial charge in [0.15, 0.2) is 0 Å². The molecule has 6 heteroatoms. The zero-order valence-electron chi connectivity index (χ0n) is 41.6. The van der Waals surface area contributed by atoms with Gasteiger partial charge in [-0.05, 0) is 60.5 Å². The van der Waals surface area contributed by atoms with E-state index < -0.39 is 18.1 Å². The van der Waals surface area contributed by atoms with Crippen molar-refractivity contribution in [3.63, 3.8) is 0 Å². The third-order valence-electron chi connectivity index (χ3n) is 10.0. The normalized spacial score (nSPS) is 14.9. The van der Waals surface area contributed by atoms with Crippen molar-refractivity contribution in [2.24, 2.45) is 0 Å². The van der Waals surface area contributed by atoms with Gasteiger partial charge in [-0.1, -0.05) is 135 Å². The van der Waals surface area contributed by atoms with Crippen LogP contribution in [0.5, 0.6) is 11.5 Å². The van der Waals surface area contributed by atoms with Gasteiger partial charge in [0.25, 0.3) is 0 Å². The fourth-order valence-electron chi connectivity index (χ4n) is 7.25. The molecule has 0 radical (unpaired) electrons. The molecular weight excluding hydrogens is 892 g/mol. The summed E-state index contributed by atoms with van der Waals surface area (Å²) in [6, 6.07) is 36.4. The SMILES string of the molecule is [2H]c1c(Oc2[c-]c3c(cc2)c2c([2H])c([2H])c([2H])c([2H])c2n3-c2cc(C(C)(C)C)ccn2)[c-]c(N2[CH-]N(c3c(-c4ccccc4)c([2H])c([2H])c([2H])c3-c3ccccc3)c3ccccc32)c([2H])c1[2H].[Pt]. The third-order valence-corrected chi connectivity index (χ3v) is 10.0. The Balaban J connectivity index is 0.00000578. The van der Waals surface area contributed by atoms with Crippen LogP contribution in [0.2, 0.25) is 0 Å². The van der Waals surface area contributed by atoms with Crippen LogP contribution in [-0.4, -0.2) is 9.55 Å². The Morgan fingerprint density at radius 2 is 1.29 bits per heavy atom. The number of anilines is 4. The summed E-state index contributed by atoms with van der Waals surface area (Å²) in [5.41, 5.74) is 5.13. The average Bonchev–Trinajstić information content (AvgIpc) is 3.88. The summed E-state index contributed by atoms with van der Waals surface area (Å²) in [4.78, 5) is 8.14. The number of para-hydroxylation sites is 4. The van der Waals surface area contributed by atoms with E-state index in [2.05, 4.69) is 37.9 Å². The Morgan fingerprint density at radius 3 is 2.00 bits per heavy atom. The van der Waals surface area contributed by atoms with E-state index >= 15 is 0 Å². The van der Waals surface area contributed by atoms with Crippen molar-refractivity contribution in [2.75, 3.05) is 9.80 Å². The molecule has 2 aromatic heterocycles. The molecule has 7 aromatic carbocycles. The van der Waals surface area contributed by atoms with E-state index in [1.165, 1.54) is 0 Å². The molecule has 0 saturated heterocycles. The molecule has 0 aliphatic carbocycles.